The van der Waals surface area contributed by atoms with Crippen molar-refractivity contribution in [1.29, 1.82) is 0 Å². The average molecular weight is 399 g/mol. The zero-order chi connectivity index (χ0) is 20.8. The molecule has 0 spiro atoms. The number of nitrogens with zero attached hydrogens (tertiary/aromatic N) is 1. The molecule has 2 amide bonds. The summed E-state index contributed by atoms with van der Waals surface area (Å²) in [5, 5.41) is 12.5. The van der Waals surface area contributed by atoms with E-state index >= 15 is 0 Å². The first-order valence-electron chi connectivity index (χ1n) is 9.42. The number of carbonyl (C=O) groups excluding carboxylic acids is 2. The zero-order valence-corrected chi connectivity index (χ0v) is 16.5. The Morgan fingerprint density at radius 1 is 1.14 bits per heavy atom. The molecule has 1 aromatic heterocycles. The summed E-state index contributed by atoms with van der Waals surface area (Å²) in [7, 11) is 3.91. The molecule has 154 valence electrons. The maximum atomic E-state index is 12.7. The van der Waals surface area contributed by atoms with E-state index in [0.717, 1.165) is 29.0 Å². The van der Waals surface area contributed by atoms with Crippen molar-refractivity contribution in [2.75, 3.05) is 27.2 Å². The number of benzene rings is 1. The molecule has 1 heterocycles. The normalized spacial score (nSPS) is 12.6. The maximum absolute atomic E-state index is 12.7. The number of ether oxygens (including phenoxy) is 1. The number of amides is 2. The summed E-state index contributed by atoms with van der Waals surface area (Å²) >= 11 is 0. The molecule has 2 aromatic rings. The topological polar surface area (TPSA) is 104 Å². The van der Waals surface area contributed by atoms with Gasteiger partial charge in [0.25, 0.3) is 11.8 Å². The number of rotatable bonds is 8. The van der Waals surface area contributed by atoms with Crippen LogP contribution >= 0.6 is 0 Å². The Balaban J connectivity index is 1.59. The molecular weight excluding hydrogens is 374 g/mol. The van der Waals surface area contributed by atoms with Crippen LogP contribution in [0.15, 0.2) is 28.7 Å². The minimum Gasteiger partial charge on any atom is -0.492 e. The van der Waals surface area contributed by atoms with Gasteiger partial charge in [0.1, 0.15) is 17.8 Å². The summed E-state index contributed by atoms with van der Waals surface area (Å²) < 4.78 is 11.4. The Bertz CT molecular complexity index is 993. The molecule has 0 saturated heterocycles. The minimum atomic E-state index is -0.590. The number of hydroxylamine groups is 1. The van der Waals surface area contributed by atoms with E-state index in [1.54, 1.807) is 17.6 Å². The van der Waals surface area contributed by atoms with Gasteiger partial charge >= 0.3 is 0 Å². The molecule has 0 unspecified atom stereocenters. The van der Waals surface area contributed by atoms with Crippen molar-refractivity contribution in [2.24, 2.45) is 0 Å². The lowest BCUT2D eigenvalue weighted by Crippen LogP contribution is -2.31. The Morgan fingerprint density at radius 2 is 1.86 bits per heavy atom. The molecule has 0 saturated carbocycles. The third-order valence-electron chi connectivity index (χ3n) is 4.48. The van der Waals surface area contributed by atoms with E-state index in [1.807, 2.05) is 25.1 Å². The van der Waals surface area contributed by atoms with Gasteiger partial charge in [-0.2, -0.15) is 0 Å². The third kappa shape index (κ3) is 5.04. The summed E-state index contributed by atoms with van der Waals surface area (Å²) in [4.78, 5) is 26.0. The van der Waals surface area contributed by atoms with Crippen molar-refractivity contribution in [2.45, 2.75) is 19.4 Å². The van der Waals surface area contributed by atoms with Gasteiger partial charge in [0.05, 0.1) is 6.54 Å². The number of furan rings is 1. The predicted molar refractivity (Wildman–Crippen MR) is 107 cm³/mol. The van der Waals surface area contributed by atoms with Crippen molar-refractivity contribution in [3.63, 3.8) is 0 Å². The molecule has 29 heavy (non-hydrogen) atoms. The fourth-order valence-corrected chi connectivity index (χ4v) is 3.15. The van der Waals surface area contributed by atoms with E-state index in [9.17, 15) is 9.59 Å². The Kier molecular flexibility index (Phi) is 6.69. The number of hydrogen-bond donors (Lipinski definition) is 3. The summed E-state index contributed by atoms with van der Waals surface area (Å²) in [6.45, 7) is 1.19. The van der Waals surface area contributed by atoms with Crippen molar-refractivity contribution in [3.8, 4) is 5.75 Å². The van der Waals surface area contributed by atoms with Gasteiger partial charge < -0.3 is 19.4 Å². The second-order valence-electron chi connectivity index (χ2n) is 6.98. The Hall–Kier alpha value is -3.10. The first-order valence-corrected chi connectivity index (χ1v) is 9.42. The van der Waals surface area contributed by atoms with Crippen LogP contribution in [0.1, 0.15) is 39.3 Å². The molecule has 8 heteroatoms. The van der Waals surface area contributed by atoms with Gasteiger partial charge in [-0.1, -0.05) is 6.08 Å². The number of fused-ring (bicyclic) bond motifs is 1. The fourth-order valence-electron chi connectivity index (χ4n) is 3.15. The van der Waals surface area contributed by atoms with Crippen LogP contribution in [-0.4, -0.2) is 49.2 Å². The lowest BCUT2D eigenvalue weighted by Gasteiger charge is -2.11. The van der Waals surface area contributed by atoms with Gasteiger partial charge in [-0.15, -0.1) is 0 Å². The minimum absolute atomic E-state index is 0.263. The third-order valence-corrected chi connectivity index (χ3v) is 4.48. The second kappa shape index (κ2) is 9.40. The molecule has 3 rings (SSSR count). The summed E-state index contributed by atoms with van der Waals surface area (Å²) in [6.07, 6.45) is 6.00. The van der Waals surface area contributed by atoms with Crippen LogP contribution in [0.4, 0.5) is 0 Å². The van der Waals surface area contributed by atoms with Crippen molar-refractivity contribution >= 4 is 24.0 Å². The van der Waals surface area contributed by atoms with Gasteiger partial charge in [0.15, 0.2) is 5.76 Å². The van der Waals surface area contributed by atoms with Gasteiger partial charge in [-0.3, -0.25) is 14.8 Å². The van der Waals surface area contributed by atoms with E-state index in [4.69, 9.17) is 14.4 Å². The number of nitrogens with one attached hydrogen (secondary N) is 2. The molecule has 0 radical (unpaired) electrons. The first-order chi connectivity index (χ1) is 14.0. The molecule has 1 aliphatic rings. The largest absolute Gasteiger partial charge is 0.492 e. The van der Waals surface area contributed by atoms with Crippen LogP contribution < -0.4 is 26.2 Å². The molecule has 8 nitrogen and oxygen atoms in total. The SMILES string of the molecule is CN(C)Cc1c(C(=O)NCCOc2ccc(C(=O)NO)cc2)oc2c1=CCCC=2. The van der Waals surface area contributed by atoms with Crippen LogP contribution in [-0.2, 0) is 6.54 Å². The highest BCUT2D eigenvalue weighted by molar-refractivity contribution is 5.93. The molecular formula is C21H25N3O5. The van der Waals surface area contributed by atoms with E-state index in [2.05, 4.69) is 11.4 Å². The van der Waals surface area contributed by atoms with Crippen LogP contribution in [0.25, 0.3) is 12.2 Å². The molecule has 1 aromatic carbocycles. The van der Waals surface area contributed by atoms with Gasteiger partial charge in [0, 0.05) is 22.9 Å². The molecule has 0 atom stereocenters. The lowest BCUT2D eigenvalue weighted by molar-refractivity contribution is 0.0706. The van der Waals surface area contributed by atoms with Crippen LogP contribution in [0, 0.1) is 0 Å². The highest BCUT2D eigenvalue weighted by atomic mass is 16.5. The van der Waals surface area contributed by atoms with Gasteiger partial charge in [0.2, 0.25) is 0 Å². The lowest BCUT2D eigenvalue weighted by atomic mass is 10.1. The van der Waals surface area contributed by atoms with Gasteiger partial charge in [-0.05, 0) is 57.3 Å². The average Bonchev–Trinajstić information content (AvgIpc) is 3.09. The monoisotopic (exact) mass is 399 g/mol. The molecule has 0 fully saturated rings. The summed E-state index contributed by atoms with van der Waals surface area (Å²) in [6, 6.07) is 6.31. The number of hydrogen-bond acceptors (Lipinski definition) is 6. The molecule has 3 N–H and O–H groups in total. The second-order valence-corrected chi connectivity index (χ2v) is 6.98. The highest BCUT2D eigenvalue weighted by Crippen LogP contribution is 2.12. The summed E-state index contributed by atoms with van der Waals surface area (Å²) in [5.41, 5.74) is 3.55. The van der Waals surface area contributed by atoms with Crippen LogP contribution in [0.2, 0.25) is 0 Å². The quantitative estimate of drug-likeness (QED) is 0.342. The molecule has 1 aliphatic carbocycles. The first kappa shape index (κ1) is 20.6. The van der Waals surface area contributed by atoms with E-state index in [1.165, 1.54) is 12.1 Å². The Morgan fingerprint density at radius 3 is 2.55 bits per heavy atom. The zero-order valence-electron chi connectivity index (χ0n) is 16.5. The highest BCUT2D eigenvalue weighted by Gasteiger charge is 2.20. The molecule has 0 bridgehead atoms. The standard InChI is InChI=1S/C21H25N3O5/c1-24(2)13-17-16-5-3-4-6-18(16)29-19(17)21(26)22-11-12-28-15-9-7-14(8-10-15)20(25)23-27/h5-10,27H,3-4,11-13H2,1-2H3,(H,22,26)(H,23,25). The van der Waals surface area contributed by atoms with Crippen LogP contribution in [0.5, 0.6) is 5.75 Å². The van der Waals surface area contributed by atoms with E-state index < -0.39 is 5.91 Å². The fraction of sp³-hybridized carbons (Fsp3) is 0.333. The maximum Gasteiger partial charge on any atom is 0.287 e. The van der Waals surface area contributed by atoms with Gasteiger partial charge in [-0.25, -0.2) is 5.48 Å². The van der Waals surface area contributed by atoms with Crippen LogP contribution in [0.3, 0.4) is 0 Å². The molecule has 0 aliphatic heterocycles. The predicted octanol–water partition coefficient (Wildman–Crippen LogP) is 0.624. The van der Waals surface area contributed by atoms with E-state index in [-0.39, 0.29) is 12.5 Å². The van der Waals surface area contributed by atoms with Crippen molar-refractivity contribution < 1.29 is 24.0 Å². The summed E-state index contributed by atoms with van der Waals surface area (Å²) in [5.74, 6) is 0.0433. The van der Waals surface area contributed by atoms with Crippen molar-refractivity contribution in [3.05, 3.63) is 51.8 Å². The smallest absolute Gasteiger partial charge is 0.287 e. The van der Waals surface area contributed by atoms with E-state index in [0.29, 0.717) is 30.2 Å². The van der Waals surface area contributed by atoms with Crippen molar-refractivity contribution in [1.82, 2.24) is 15.7 Å². The number of carbonyl (C=O) groups is 2. The Labute approximate surface area is 168 Å².